The first-order valence-electron chi connectivity index (χ1n) is 8.10. The topological polar surface area (TPSA) is 45.0 Å². The molecule has 0 heterocycles. The van der Waals surface area contributed by atoms with Gasteiger partial charge >= 0.3 is 0 Å². The van der Waals surface area contributed by atoms with Crippen LogP contribution in [0.15, 0.2) is 24.3 Å². The van der Waals surface area contributed by atoms with Gasteiger partial charge in [0.25, 0.3) is 0 Å². The maximum absolute atomic E-state index is 9.22. The lowest BCUT2D eigenvalue weighted by Crippen LogP contribution is -2.16. The Morgan fingerprint density at radius 1 is 1.05 bits per heavy atom. The first-order valence-corrected chi connectivity index (χ1v) is 8.10. The summed E-state index contributed by atoms with van der Waals surface area (Å²) in [7, 11) is 1.65. The van der Waals surface area contributed by atoms with E-state index in [-0.39, 0.29) is 6.04 Å². The van der Waals surface area contributed by atoms with Gasteiger partial charge in [-0.1, -0.05) is 51.9 Å². The summed E-state index contributed by atoms with van der Waals surface area (Å²) >= 11 is 0. The van der Waals surface area contributed by atoms with Gasteiger partial charge in [-0.2, -0.15) is 5.26 Å². The number of hydrogen-bond donors (Lipinski definition) is 1. The molecular weight excluding hydrogens is 260 g/mol. The van der Waals surface area contributed by atoms with Gasteiger partial charge in [-0.25, -0.2) is 0 Å². The van der Waals surface area contributed by atoms with Crippen molar-refractivity contribution < 1.29 is 4.74 Å². The van der Waals surface area contributed by atoms with Crippen molar-refractivity contribution in [2.75, 3.05) is 12.4 Å². The predicted octanol–water partition coefficient (Wildman–Crippen LogP) is 5.14. The average molecular weight is 288 g/mol. The number of rotatable bonds is 11. The van der Waals surface area contributed by atoms with Crippen LogP contribution in [0.5, 0.6) is 5.75 Å². The first-order chi connectivity index (χ1) is 10.3. The monoisotopic (exact) mass is 288 g/mol. The SMILES string of the molecule is CCCCCCCCCC(C#N)Nc1ccc(OC)cc1. The third-order valence-corrected chi connectivity index (χ3v) is 3.68. The van der Waals surface area contributed by atoms with E-state index >= 15 is 0 Å². The number of anilines is 1. The highest BCUT2D eigenvalue weighted by molar-refractivity contribution is 5.48. The van der Waals surface area contributed by atoms with Crippen LogP contribution in [0.3, 0.4) is 0 Å². The second-order valence-corrected chi connectivity index (χ2v) is 5.46. The zero-order valence-electron chi connectivity index (χ0n) is 13.4. The van der Waals surface area contributed by atoms with E-state index in [4.69, 9.17) is 4.74 Å². The van der Waals surface area contributed by atoms with Gasteiger partial charge in [0, 0.05) is 5.69 Å². The molecule has 1 atom stereocenters. The van der Waals surface area contributed by atoms with Crippen LogP contribution in [-0.4, -0.2) is 13.2 Å². The first kappa shape index (κ1) is 17.4. The summed E-state index contributed by atoms with van der Waals surface area (Å²) < 4.78 is 5.13. The number of methoxy groups -OCH3 is 1. The summed E-state index contributed by atoms with van der Waals surface area (Å²) in [6.07, 6.45) is 9.87. The number of ether oxygens (including phenoxy) is 1. The lowest BCUT2D eigenvalue weighted by Gasteiger charge is -2.13. The zero-order valence-corrected chi connectivity index (χ0v) is 13.4. The molecule has 0 radical (unpaired) electrons. The van der Waals surface area contributed by atoms with Crippen LogP contribution >= 0.6 is 0 Å². The molecule has 0 aromatic heterocycles. The average Bonchev–Trinajstić information content (AvgIpc) is 2.53. The second kappa shape index (κ2) is 11.0. The third-order valence-electron chi connectivity index (χ3n) is 3.68. The Labute approximate surface area is 129 Å². The van der Waals surface area contributed by atoms with Crippen molar-refractivity contribution in [2.24, 2.45) is 0 Å². The van der Waals surface area contributed by atoms with Gasteiger partial charge < -0.3 is 10.1 Å². The van der Waals surface area contributed by atoms with Crippen LogP contribution in [0.1, 0.15) is 58.3 Å². The van der Waals surface area contributed by atoms with E-state index in [1.807, 2.05) is 24.3 Å². The van der Waals surface area contributed by atoms with Crippen molar-refractivity contribution in [3.05, 3.63) is 24.3 Å². The van der Waals surface area contributed by atoms with E-state index in [2.05, 4.69) is 18.3 Å². The normalized spacial score (nSPS) is 11.7. The highest BCUT2D eigenvalue weighted by Crippen LogP contribution is 2.17. The Balaban J connectivity index is 2.20. The van der Waals surface area contributed by atoms with Gasteiger partial charge in [-0.15, -0.1) is 0 Å². The molecule has 0 fully saturated rings. The maximum Gasteiger partial charge on any atom is 0.119 e. The number of nitrogens with zero attached hydrogens (tertiary/aromatic N) is 1. The molecule has 0 amide bonds. The van der Waals surface area contributed by atoms with Crippen LogP contribution in [0, 0.1) is 11.3 Å². The lowest BCUT2D eigenvalue weighted by molar-refractivity contribution is 0.415. The molecule has 0 aliphatic rings. The minimum atomic E-state index is -0.103. The van der Waals surface area contributed by atoms with Gasteiger partial charge in [-0.05, 0) is 30.7 Å². The molecule has 0 aliphatic heterocycles. The van der Waals surface area contributed by atoms with Crippen LogP contribution in [-0.2, 0) is 0 Å². The fraction of sp³-hybridized carbons (Fsp3) is 0.611. The molecular formula is C18H28N2O. The molecule has 0 saturated carbocycles. The molecule has 0 saturated heterocycles. The number of nitriles is 1. The van der Waals surface area contributed by atoms with E-state index < -0.39 is 0 Å². The summed E-state index contributed by atoms with van der Waals surface area (Å²) in [6, 6.07) is 9.96. The number of hydrogen-bond acceptors (Lipinski definition) is 3. The van der Waals surface area contributed by atoms with Gasteiger partial charge in [0.15, 0.2) is 0 Å². The molecule has 116 valence electrons. The summed E-state index contributed by atoms with van der Waals surface area (Å²) in [4.78, 5) is 0. The standard InChI is InChI=1S/C18H28N2O/c1-3-4-5-6-7-8-9-10-17(15-19)20-16-11-13-18(21-2)14-12-16/h11-14,17,20H,3-10H2,1-2H3. The highest BCUT2D eigenvalue weighted by atomic mass is 16.5. The summed E-state index contributed by atoms with van der Waals surface area (Å²) in [5.41, 5.74) is 0.977. The Hall–Kier alpha value is -1.69. The minimum Gasteiger partial charge on any atom is -0.497 e. The van der Waals surface area contributed by atoms with E-state index in [1.165, 1.54) is 38.5 Å². The van der Waals surface area contributed by atoms with Crippen molar-refractivity contribution in [1.82, 2.24) is 0 Å². The molecule has 21 heavy (non-hydrogen) atoms. The van der Waals surface area contributed by atoms with Gasteiger partial charge in [0.1, 0.15) is 11.8 Å². The molecule has 0 spiro atoms. The largest absolute Gasteiger partial charge is 0.497 e. The van der Waals surface area contributed by atoms with Gasteiger partial charge in [0.05, 0.1) is 13.2 Å². The second-order valence-electron chi connectivity index (χ2n) is 5.46. The molecule has 0 aliphatic carbocycles. The van der Waals surface area contributed by atoms with Crippen LogP contribution in [0.2, 0.25) is 0 Å². The Morgan fingerprint density at radius 2 is 1.67 bits per heavy atom. The fourth-order valence-electron chi connectivity index (χ4n) is 2.36. The Bertz CT molecular complexity index is 408. The minimum absolute atomic E-state index is 0.103. The number of benzene rings is 1. The molecule has 1 rings (SSSR count). The van der Waals surface area contributed by atoms with Crippen LogP contribution in [0.25, 0.3) is 0 Å². The molecule has 3 heteroatoms. The van der Waals surface area contributed by atoms with E-state index in [0.29, 0.717) is 0 Å². The van der Waals surface area contributed by atoms with Crippen molar-refractivity contribution in [3.63, 3.8) is 0 Å². The summed E-state index contributed by atoms with van der Waals surface area (Å²) in [5, 5.41) is 12.5. The van der Waals surface area contributed by atoms with Crippen molar-refractivity contribution >= 4 is 5.69 Å². The third kappa shape index (κ3) is 7.60. The van der Waals surface area contributed by atoms with Crippen molar-refractivity contribution in [1.29, 1.82) is 5.26 Å². The smallest absolute Gasteiger partial charge is 0.119 e. The van der Waals surface area contributed by atoms with Crippen LogP contribution in [0.4, 0.5) is 5.69 Å². The van der Waals surface area contributed by atoms with E-state index in [1.54, 1.807) is 7.11 Å². The van der Waals surface area contributed by atoms with Gasteiger partial charge in [-0.3, -0.25) is 0 Å². The summed E-state index contributed by atoms with van der Waals surface area (Å²) in [6.45, 7) is 2.24. The molecule has 1 unspecified atom stereocenters. The summed E-state index contributed by atoms with van der Waals surface area (Å²) in [5.74, 6) is 0.834. The maximum atomic E-state index is 9.22. The molecule has 0 bridgehead atoms. The van der Waals surface area contributed by atoms with E-state index in [9.17, 15) is 5.26 Å². The molecule has 1 N–H and O–H groups in total. The van der Waals surface area contributed by atoms with E-state index in [0.717, 1.165) is 24.3 Å². The number of unbranched alkanes of at least 4 members (excludes halogenated alkanes) is 6. The molecule has 1 aromatic carbocycles. The fourth-order valence-corrected chi connectivity index (χ4v) is 2.36. The number of nitrogens with one attached hydrogen (secondary N) is 1. The predicted molar refractivity (Wildman–Crippen MR) is 88.6 cm³/mol. The van der Waals surface area contributed by atoms with Crippen molar-refractivity contribution in [3.8, 4) is 11.8 Å². The van der Waals surface area contributed by atoms with Crippen molar-refractivity contribution in [2.45, 2.75) is 64.3 Å². The quantitative estimate of drug-likeness (QED) is 0.573. The molecule has 1 aromatic rings. The lowest BCUT2D eigenvalue weighted by atomic mass is 10.1. The van der Waals surface area contributed by atoms with Gasteiger partial charge in [0.2, 0.25) is 0 Å². The van der Waals surface area contributed by atoms with Crippen LogP contribution < -0.4 is 10.1 Å². The molecule has 3 nitrogen and oxygen atoms in total. The highest BCUT2D eigenvalue weighted by Gasteiger charge is 2.06. The Kier molecular flexibility index (Phi) is 9.11. The Morgan fingerprint density at radius 3 is 2.24 bits per heavy atom. The zero-order chi connectivity index (χ0) is 15.3.